The van der Waals surface area contributed by atoms with Gasteiger partial charge in [0.2, 0.25) is 5.91 Å². The van der Waals surface area contributed by atoms with Crippen LogP contribution in [0.5, 0.6) is 0 Å². The Labute approximate surface area is 114 Å². The molecule has 1 N–H and O–H groups in total. The summed E-state index contributed by atoms with van der Waals surface area (Å²) in [4.78, 5) is 25.3. The van der Waals surface area contributed by atoms with Gasteiger partial charge in [0.1, 0.15) is 0 Å². The molecule has 96 valence electrons. The lowest BCUT2D eigenvalue weighted by Crippen LogP contribution is -2.27. The number of benzene rings is 1. The van der Waals surface area contributed by atoms with E-state index in [4.69, 9.17) is 0 Å². The van der Waals surface area contributed by atoms with E-state index >= 15 is 0 Å². The highest BCUT2D eigenvalue weighted by Gasteiger charge is 2.19. The van der Waals surface area contributed by atoms with Crippen molar-refractivity contribution in [2.45, 2.75) is 12.8 Å². The first-order valence-electron chi connectivity index (χ1n) is 5.96. The Morgan fingerprint density at radius 2 is 2.00 bits per heavy atom. The van der Waals surface area contributed by atoms with Gasteiger partial charge in [0, 0.05) is 24.3 Å². The van der Waals surface area contributed by atoms with E-state index in [2.05, 4.69) is 21.2 Å². The highest BCUT2D eigenvalue weighted by atomic mass is 79.9. The molecule has 0 aromatic heterocycles. The second-order valence-corrected chi connectivity index (χ2v) is 4.82. The quantitative estimate of drug-likeness (QED) is 0.871. The summed E-state index contributed by atoms with van der Waals surface area (Å²) in [6.07, 6.45) is 2.15. The number of anilines is 1. The van der Waals surface area contributed by atoms with Gasteiger partial charge in [0.15, 0.2) is 0 Å². The summed E-state index contributed by atoms with van der Waals surface area (Å²) < 4.78 is 0. The first-order chi connectivity index (χ1) is 8.70. The van der Waals surface area contributed by atoms with E-state index in [0.717, 1.165) is 25.9 Å². The van der Waals surface area contributed by atoms with Crippen LogP contribution in [0.1, 0.15) is 23.2 Å². The van der Waals surface area contributed by atoms with Crippen molar-refractivity contribution < 1.29 is 9.59 Å². The van der Waals surface area contributed by atoms with Gasteiger partial charge in [-0.2, -0.15) is 0 Å². The fourth-order valence-electron chi connectivity index (χ4n) is 2.03. The molecular weight excluding hydrogens is 296 g/mol. The normalized spacial score (nSPS) is 14.6. The van der Waals surface area contributed by atoms with E-state index in [-0.39, 0.29) is 17.1 Å². The lowest BCUT2D eigenvalue weighted by Gasteiger charge is -2.15. The largest absolute Gasteiger partial charge is 0.339 e. The summed E-state index contributed by atoms with van der Waals surface area (Å²) >= 11 is 3.09. The van der Waals surface area contributed by atoms with Crippen LogP contribution in [0.4, 0.5) is 5.69 Å². The molecule has 1 aromatic carbocycles. The summed E-state index contributed by atoms with van der Waals surface area (Å²) in [5.74, 6) is -0.0804. The summed E-state index contributed by atoms with van der Waals surface area (Å²) in [7, 11) is 0. The molecule has 4 nitrogen and oxygen atoms in total. The van der Waals surface area contributed by atoms with Crippen LogP contribution in [0.15, 0.2) is 24.3 Å². The zero-order valence-corrected chi connectivity index (χ0v) is 11.6. The van der Waals surface area contributed by atoms with E-state index in [0.29, 0.717) is 11.3 Å². The lowest BCUT2D eigenvalue weighted by molar-refractivity contribution is -0.113. The minimum Gasteiger partial charge on any atom is -0.339 e. The number of likely N-dealkylation sites (tertiary alicyclic amines) is 1. The third-order valence-corrected chi connectivity index (χ3v) is 3.42. The maximum absolute atomic E-state index is 12.2. The molecule has 1 aliphatic heterocycles. The number of hydrogen-bond donors (Lipinski definition) is 1. The van der Waals surface area contributed by atoms with Crippen molar-refractivity contribution in [3.63, 3.8) is 0 Å². The van der Waals surface area contributed by atoms with Crippen LogP contribution in [-0.4, -0.2) is 35.1 Å². The fraction of sp³-hybridized carbons (Fsp3) is 0.385. The van der Waals surface area contributed by atoms with Crippen LogP contribution in [0.2, 0.25) is 0 Å². The van der Waals surface area contributed by atoms with Crippen LogP contribution in [0, 0.1) is 0 Å². The van der Waals surface area contributed by atoms with Gasteiger partial charge in [0.25, 0.3) is 5.91 Å². The Hall–Kier alpha value is -1.36. The minimum atomic E-state index is -0.124. The second kappa shape index (κ2) is 6.00. The molecule has 0 spiro atoms. The number of rotatable bonds is 3. The molecule has 2 rings (SSSR count). The first kappa shape index (κ1) is 13.1. The van der Waals surface area contributed by atoms with Crippen molar-refractivity contribution in [2.75, 3.05) is 23.7 Å². The number of hydrogen-bond acceptors (Lipinski definition) is 2. The smallest absolute Gasteiger partial charge is 0.253 e. The van der Waals surface area contributed by atoms with E-state index in [1.165, 1.54) is 0 Å². The Morgan fingerprint density at radius 3 is 2.67 bits per heavy atom. The minimum absolute atomic E-state index is 0.0439. The van der Waals surface area contributed by atoms with E-state index < -0.39 is 0 Å². The molecule has 2 amide bonds. The van der Waals surface area contributed by atoms with Crippen LogP contribution in [-0.2, 0) is 4.79 Å². The molecule has 0 radical (unpaired) electrons. The molecule has 0 bridgehead atoms. The first-order valence-corrected chi connectivity index (χ1v) is 7.08. The lowest BCUT2D eigenvalue weighted by atomic mass is 10.1. The number of halogens is 1. The van der Waals surface area contributed by atoms with Crippen molar-refractivity contribution in [3.05, 3.63) is 29.8 Å². The van der Waals surface area contributed by atoms with Crippen molar-refractivity contribution >= 4 is 33.4 Å². The number of alkyl halides is 1. The van der Waals surface area contributed by atoms with Gasteiger partial charge in [-0.05, 0) is 31.0 Å². The molecule has 0 saturated carbocycles. The third-order valence-electron chi connectivity index (χ3n) is 2.91. The number of carbonyl (C=O) groups excluding carboxylic acids is 2. The molecule has 0 aliphatic carbocycles. The van der Waals surface area contributed by atoms with E-state index in [1.807, 2.05) is 4.90 Å². The molecule has 0 atom stereocenters. The average molecular weight is 311 g/mol. The van der Waals surface area contributed by atoms with Gasteiger partial charge in [-0.1, -0.05) is 22.0 Å². The third kappa shape index (κ3) is 3.10. The predicted octanol–water partition coefficient (Wildman–Crippen LogP) is 2.26. The Morgan fingerprint density at radius 1 is 1.28 bits per heavy atom. The van der Waals surface area contributed by atoms with Gasteiger partial charge in [-0.3, -0.25) is 9.59 Å². The number of nitrogens with one attached hydrogen (secondary N) is 1. The predicted molar refractivity (Wildman–Crippen MR) is 74.0 cm³/mol. The van der Waals surface area contributed by atoms with Gasteiger partial charge in [0.05, 0.1) is 5.33 Å². The Bertz CT molecular complexity index is 456. The topological polar surface area (TPSA) is 49.4 Å². The number of carbonyl (C=O) groups is 2. The average Bonchev–Trinajstić information content (AvgIpc) is 2.92. The zero-order valence-electron chi connectivity index (χ0n) is 9.99. The van der Waals surface area contributed by atoms with Gasteiger partial charge >= 0.3 is 0 Å². The molecule has 1 saturated heterocycles. The maximum Gasteiger partial charge on any atom is 0.253 e. The second-order valence-electron chi connectivity index (χ2n) is 4.26. The molecule has 5 heteroatoms. The van der Waals surface area contributed by atoms with Crippen LogP contribution in [0.25, 0.3) is 0 Å². The van der Waals surface area contributed by atoms with Gasteiger partial charge in [-0.15, -0.1) is 0 Å². The van der Waals surface area contributed by atoms with Crippen molar-refractivity contribution in [3.8, 4) is 0 Å². The van der Waals surface area contributed by atoms with Crippen molar-refractivity contribution in [1.82, 2.24) is 4.90 Å². The molecule has 1 fully saturated rings. The van der Waals surface area contributed by atoms with Crippen LogP contribution < -0.4 is 5.32 Å². The SMILES string of the molecule is O=C(CBr)Nc1cccc(C(=O)N2CCCC2)c1. The highest BCUT2D eigenvalue weighted by Crippen LogP contribution is 2.16. The molecule has 18 heavy (non-hydrogen) atoms. The maximum atomic E-state index is 12.2. The highest BCUT2D eigenvalue weighted by molar-refractivity contribution is 9.09. The van der Waals surface area contributed by atoms with E-state index in [1.54, 1.807) is 24.3 Å². The van der Waals surface area contributed by atoms with Gasteiger partial charge < -0.3 is 10.2 Å². The van der Waals surface area contributed by atoms with Gasteiger partial charge in [-0.25, -0.2) is 0 Å². The molecule has 1 aliphatic rings. The van der Waals surface area contributed by atoms with Crippen molar-refractivity contribution in [2.24, 2.45) is 0 Å². The standard InChI is InChI=1S/C13H15BrN2O2/c14-9-12(17)15-11-5-3-4-10(8-11)13(18)16-6-1-2-7-16/h3-5,8H,1-2,6-7,9H2,(H,15,17). The fourth-order valence-corrected chi connectivity index (χ4v) is 2.17. The van der Waals surface area contributed by atoms with Crippen LogP contribution in [0.3, 0.4) is 0 Å². The molecule has 0 unspecified atom stereocenters. The zero-order chi connectivity index (χ0) is 13.0. The number of amides is 2. The Kier molecular flexibility index (Phi) is 4.36. The number of nitrogens with zero attached hydrogens (tertiary/aromatic N) is 1. The van der Waals surface area contributed by atoms with E-state index in [9.17, 15) is 9.59 Å². The molecule has 1 heterocycles. The van der Waals surface area contributed by atoms with Crippen LogP contribution >= 0.6 is 15.9 Å². The van der Waals surface area contributed by atoms with Crippen molar-refractivity contribution in [1.29, 1.82) is 0 Å². The summed E-state index contributed by atoms with van der Waals surface area (Å²) in [6.45, 7) is 1.66. The summed E-state index contributed by atoms with van der Waals surface area (Å²) in [5.41, 5.74) is 1.29. The summed E-state index contributed by atoms with van der Waals surface area (Å²) in [5, 5.41) is 2.97. The monoisotopic (exact) mass is 310 g/mol. The summed E-state index contributed by atoms with van der Waals surface area (Å²) in [6, 6.07) is 7.07. The molecule has 1 aromatic rings. The molecular formula is C13H15BrN2O2. The Balaban J connectivity index is 2.11.